The van der Waals surface area contributed by atoms with E-state index in [2.05, 4.69) is 143 Å². The van der Waals surface area contributed by atoms with Crippen molar-refractivity contribution < 1.29 is 54.0 Å². The summed E-state index contributed by atoms with van der Waals surface area (Å²) in [5, 5.41) is 0. The lowest BCUT2D eigenvalue weighted by Gasteiger charge is -2.06. The normalized spacial score (nSPS) is 9.56. The van der Waals surface area contributed by atoms with Gasteiger partial charge in [0.25, 0.3) is 0 Å². The van der Waals surface area contributed by atoms with Crippen molar-refractivity contribution in [3.63, 3.8) is 0 Å². The molecule has 0 fully saturated rings. The van der Waals surface area contributed by atoms with Gasteiger partial charge in [-0.3, -0.25) is 0 Å². The van der Waals surface area contributed by atoms with Crippen molar-refractivity contribution in [3.8, 4) is 22.5 Å². The first kappa shape index (κ1) is 30.9. The third kappa shape index (κ3) is 7.42. The lowest BCUT2D eigenvalue weighted by Crippen LogP contribution is -3.00. The molecule has 4 N–H and O–H groups in total. The first-order valence-corrected chi connectivity index (χ1v) is 11.0. The maximum atomic E-state index is 2.31. The van der Waals surface area contributed by atoms with E-state index >= 15 is 0 Å². The van der Waals surface area contributed by atoms with E-state index in [9.17, 15) is 0 Å². The molecule has 36 heavy (non-hydrogen) atoms. The largest absolute Gasteiger partial charge is 1.00 e. The molecule has 6 heteroatoms. The molecule has 0 saturated heterocycles. The zero-order valence-electron chi connectivity index (χ0n) is 19.8. The van der Waals surface area contributed by atoms with Crippen LogP contribution in [0.25, 0.3) is 22.5 Å². The Morgan fingerprint density at radius 3 is 1.08 bits per heavy atom. The minimum Gasteiger partial charge on any atom is -1.00 e. The molecule has 0 radical (unpaired) electrons. The van der Waals surface area contributed by atoms with Crippen LogP contribution in [0, 0.1) is 0 Å². The second-order valence-electron chi connectivity index (χ2n) is 7.98. The van der Waals surface area contributed by atoms with E-state index in [4.69, 9.17) is 0 Å². The molecular weight excluding hydrogens is 580 g/mol. The van der Waals surface area contributed by atoms with Crippen molar-refractivity contribution in [2.24, 2.45) is 0 Å². The van der Waals surface area contributed by atoms with Crippen molar-refractivity contribution in [1.29, 1.82) is 0 Å². The zero-order chi connectivity index (χ0) is 21.6. The van der Waals surface area contributed by atoms with Gasteiger partial charge in [-0.1, -0.05) is 60.7 Å². The molecular formula is C30H30Br2N2O2. The molecule has 5 aromatic rings. The summed E-state index contributed by atoms with van der Waals surface area (Å²) in [5.74, 6) is 0. The summed E-state index contributed by atoms with van der Waals surface area (Å²) in [7, 11) is 0. The number of benzene rings is 3. The fourth-order valence-corrected chi connectivity index (χ4v) is 4.11. The van der Waals surface area contributed by atoms with Gasteiger partial charge in [-0.15, -0.1) is 0 Å². The molecule has 0 aliphatic heterocycles. The highest BCUT2D eigenvalue weighted by Gasteiger charge is 2.14. The van der Waals surface area contributed by atoms with Crippen LogP contribution < -0.4 is 43.1 Å². The van der Waals surface area contributed by atoms with E-state index in [0.717, 1.165) is 13.1 Å². The van der Waals surface area contributed by atoms with Crippen LogP contribution in [0.2, 0.25) is 0 Å². The number of hydrogen-bond donors (Lipinski definition) is 0. The fraction of sp³-hybridized carbons (Fsp3) is 0.0667. The SMILES string of the molecule is O.O.[Br-].[Br-].c1ccc(-c2cccc[n+]2Cc2ccc(C[n+]3ccccc3-c3ccccc3)cc2)cc1. The van der Waals surface area contributed by atoms with Gasteiger partial charge in [0.05, 0.1) is 0 Å². The van der Waals surface area contributed by atoms with Crippen LogP contribution in [-0.2, 0) is 13.1 Å². The summed E-state index contributed by atoms with van der Waals surface area (Å²) in [6.45, 7) is 1.69. The average molecular weight is 610 g/mol. The molecule has 2 heterocycles. The molecule has 0 bridgehead atoms. The topological polar surface area (TPSA) is 70.8 Å². The van der Waals surface area contributed by atoms with Crippen molar-refractivity contribution >= 4 is 0 Å². The number of halogens is 2. The van der Waals surface area contributed by atoms with Crippen LogP contribution in [-0.4, -0.2) is 11.0 Å². The van der Waals surface area contributed by atoms with Gasteiger partial charge in [0.2, 0.25) is 11.4 Å². The van der Waals surface area contributed by atoms with E-state index in [0.29, 0.717) is 0 Å². The molecule has 0 atom stereocenters. The molecule has 4 nitrogen and oxygen atoms in total. The summed E-state index contributed by atoms with van der Waals surface area (Å²) in [6.07, 6.45) is 4.31. The highest BCUT2D eigenvalue weighted by Crippen LogP contribution is 2.16. The monoisotopic (exact) mass is 608 g/mol. The highest BCUT2D eigenvalue weighted by atomic mass is 79.9. The quantitative estimate of drug-likeness (QED) is 0.201. The molecule has 0 unspecified atom stereocenters. The highest BCUT2D eigenvalue weighted by molar-refractivity contribution is 5.56. The Balaban J connectivity index is 0.00000162. The molecule has 0 amide bonds. The predicted molar refractivity (Wildman–Crippen MR) is 136 cm³/mol. The van der Waals surface area contributed by atoms with E-state index in [1.54, 1.807) is 0 Å². The Bertz CT molecular complexity index is 1210. The lowest BCUT2D eigenvalue weighted by atomic mass is 10.1. The first-order valence-electron chi connectivity index (χ1n) is 11.0. The summed E-state index contributed by atoms with van der Waals surface area (Å²) in [6, 6.07) is 42.9. The molecule has 3 aromatic carbocycles. The average Bonchev–Trinajstić information content (AvgIpc) is 2.87. The van der Waals surface area contributed by atoms with Gasteiger partial charge in [0.1, 0.15) is 0 Å². The Kier molecular flexibility index (Phi) is 12.9. The number of aromatic nitrogens is 2. The van der Waals surface area contributed by atoms with Gasteiger partial charge < -0.3 is 44.9 Å². The summed E-state index contributed by atoms with van der Waals surface area (Å²) in [4.78, 5) is 0. The standard InChI is InChI=1S/C30H26N2.2BrH.2H2O/c1-3-11-27(12-4-1)29-15-7-9-21-31(29)23-25-17-19-26(20-18-25)24-32-22-10-8-16-30(32)28-13-5-2-6-14-28;;;;/h1-22H,23-24H2;2*1H;2*1H2/q+2;;;;/p-2. The van der Waals surface area contributed by atoms with Gasteiger partial charge >= 0.3 is 0 Å². The Hall–Kier alpha value is -3.16. The number of nitrogens with zero attached hydrogens (tertiary/aromatic N) is 2. The molecule has 5 rings (SSSR count). The lowest BCUT2D eigenvalue weighted by molar-refractivity contribution is -0.678. The number of hydrogen-bond acceptors (Lipinski definition) is 0. The maximum absolute atomic E-state index is 2.31. The Morgan fingerprint density at radius 1 is 0.389 bits per heavy atom. The third-order valence-electron chi connectivity index (χ3n) is 5.75. The van der Waals surface area contributed by atoms with Crippen LogP contribution in [0.3, 0.4) is 0 Å². The third-order valence-corrected chi connectivity index (χ3v) is 5.75. The first-order chi connectivity index (χ1) is 15.9. The number of pyridine rings is 2. The van der Waals surface area contributed by atoms with Gasteiger partial charge in [-0.05, 0) is 36.4 Å². The Morgan fingerprint density at radius 2 is 0.722 bits per heavy atom. The molecule has 0 aliphatic carbocycles. The minimum atomic E-state index is 0. The van der Waals surface area contributed by atoms with E-state index < -0.39 is 0 Å². The molecule has 0 saturated carbocycles. The van der Waals surface area contributed by atoms with E-state index in [-0.39, 0.29) is 44.9 Å². The minimum absolute atomic E-state index is 0. The van der Waals surface area contributed by atoms with Crippen LogP contribution in [0.1, 0.15) is 11.1 Å². The van der Waals surface area contributed by atoms with Gasteiger partial charge in [0.15, 0.2) is 25.5 Å². The van der Waals surface area contributed by atoms with Crippen LogP contribution in [0.15, 0.2) is 134 Å². The molecule has 2 aromatic heterocycles. The van der Waals surface area contributed by atoms with Crippen LogP contribution in [0.5, 0.6) is 0 Å². The summed E-state index contributed by atoms with van der Waals surface area (Å²) in [5.41, 5.74) is 7.51. The predicted octanol–water partition coefficient (Wildman–Crippen LogP) is -1.95. The van der Waals surface area contributed by atoms with E-state index in [1.807, 2.05) is 0 Å². The van der Waals surface area contributed by atoms with Gasteiger partial charge in [-0.2, -0.15) is 9.13 Å². The smallest absolute Gasteiger partial charge is 0.212 e. The van der Waals surface area contributed by atoms with Crippen molar-refractivity contribution in [3.05, 3.63) is 145 Å². The molecule has 186 valence electrons. The van der Waals surface area contributed by atoms with Crippen molar-refractivity contribution in [1.82, 2.24) is 0 Å². The van der Waals surface area contributed by atoms with Crippen molar-refractivity contribution in [2.45, 2.75) is 13.1 Å². The van der Waals surface area contributed by atoms with Crippen LogP contribution in [0.4, 0.5) is 0 Å². The number of rotatable bonds is 6. The van der Waals surface area contributed by atoms with Gasteiger partial charge in [-0.25, -0.2) is 0 Å². The fourth-order valence-electron chi connectivity index (χ4n) is 4.11. The second-order valence-corrected chi connectivity index (χ2v) is 7.98. The van der Waals surface area contributed by atoms with Gasteiger partial charge in [0, 0.05) is 46.5 Å². The van der Waals surface area contributed by atoms with Crippen LogP contribution >= 0.6 is 0 Å². The van der Waals surface area contributed by atoms with E-state index in [1.165, 1.54) is 33.6 Å². The maximum Gasteiger partial charge on any atom is 0.212 e. The summed E-state index contributed by atoms with van der Waals surface area (Å²) < 4.78 is 4.62. The zero-order valence-corrected chi connectivity index (χ0v) is 22.9. The summed E-state index contributed by atoms with van der Waals surface area (Å²) >= 11 is 0. The van der Waals surface area contributed by atoms with Crippen molar-refractivity contribution in [2.75, 3.05) is 0 Å². The molecule has 0 spiro atoms. The Labute approximate surface area is 233 Å². The molecule has 0 aliphatic rings. The second kappa shape index (κ2) is 15.1.